The van der Waals surface area contributed by atoms with Crippen LogP contribution in [0.25, 0.3) is 0 Å². The fourth-order valence-corrected chi connectivity index (χ4v) is 2.63. The Morgan fingerprint density at radius 2 is 1.88 bits per heavy atom. The third-order valence-electron chi connectivity index (χ3n) is 3.43. The number of alkyl halides is 1. The van der Waals surface area contributed by atoms with Crippen LogP contribution in [0, 0.1) is 0 Å². The van der Waals surface area contributed by atoms with Crippen LogP contribution in [0.3, 0.4) is 0 Å². The predicted octanol–water partition coefficient (Wildman–Crippen LogP) is 4.18. The molecular weight excluding hydrogens is 455 g/mol. The van der Waals surface area contributed by atoms with Crippen molar-refractivity contribution in [2.24, 2.45) is 0 Å². The monoisotopic (exact) mass is 476 g/mol. The molecule has 0 aliphatic rings. The summed E-state index contributed by atoms with van der Waals surface area (Å²) in [6.07, 6.45) is 1.58. The molecule has 0 fully saturated rings. The number of ether oxygens (including phenoxy) is 2. The molecule has 0 saturated heterocycles. The first-order chi connectivity index (χ1) is 11.8. The van der Waals surface area contributed by atoms with Crippen molar-refractivity contribution in [2.75, 3.05) is 11.0 Å². The van der Waals surface area contributed by atoms with Crippen LogP contribution >= 0.6 is 34.2 Å². The highest BCUT2D eigenvalue weighted by atomic mass is 127. The van der Waals surface area contributed by atoms with Gasteiger partial charge >= 0.3 is 0 Å². The number of rotatable bonds is 7. The number of hydrogen-bond acceptors (Lipinski definition) is 4. The Bertz CT molecular complexity index is 754. The molecule has 2 rings (SSSR count). The van der Waals surface area contributed by atoms with Crippen molar-refractivity contribution >= 4 is 34.2 Å². The van der Waals surface area contributed by atoms with Crippen LogP contribution in [0.15, 0.2) is 35.3 Å². The Morgan fingerprint density at radius 3 is 2.48 bits per heavy atom. The summed E-state index contributed by atoms with van der Waals surface area (Å²) < 4.78 is 13.6. The fraction of sp³-hybridized carbons (Fsp3) is 0.444. The molecule has 0 spiro atoms. The number of aromatic nitrogens is 2. The molecule has 0 saturated carbocycles. The molecule has 0 bridgehead atoms. The zero-order valence-corrected chi connectivity index (χ0v) is 17.5. The Labute approximate surface area is 166 Å². The highest BCUT2D eigenvalue weighted by Gasteiger charge is 2.19. The first-order valence-corrected chi connectivity index (χ1v) is 9.86. The maximum Gasteiger partial charge on any atom is 0.286 e. The maximum atomic E-state index is 12.3. The second-order valence-corrected chi connectivity index (χ2v) is 8.00. The lowest BCUT2D eigenvalue weighted by Gasteiger charge is -2.21. The van der Waals surface area contributed by atoms with Crippen molar-refractivity contribution in [2.45, 2.75) is 39.5 Å². The lowest BCUT2D eigenvalue weighted by atomic mass is 10.1. The molecule has 0 radical (unpaired) electrons. The van der Waals surface area contributed by atoms with E-state index in [1.807, 2.05) is 45.0 Å². The SMILES string of the molecule is CC(C)(C)n1ncc(COc2ccc(COCCI)cc2)c(Cl)c1=O. The van der Waals surface area contributed by atoms with Gasteiger partial charge in [-0.3, -0.25) is 4.79 Å². The molecule has 1 aromatic heterocycles. The minimum Gasteiger partial charge on any atom is -0.489 e. The first-order valence-electron chi connectivity index (χ1n) is 7.95. The van der Waals surface area contributed by atoms with Crippen LogP contribution in [-0.4, -0.2) is 20.8 Å². The van der Waals surface area contributed by atoms with E-state index in [2.05, 4.69) is 27.7 Å². The number of halogens is 2. The molecule has 0 aliphatic heterocycles. The maximum absolute atomic E-state index is 12.3. The topological polar surface area (TPSA) is 53.4 Å². The minimum atomic E-state index is -0.421. The molecule has 0 N–H and O–H groups in total. The molecule has 0 amide bonds. The third-order valence-corrected chi connectivity index (χ3v) is 4.28. The molecule has 1 heterocycles. The van der Waals surface area contributed by atoms with Gasteiger partial charge < -0.3 is 9.47 Å². The van der Waals surface area contributed by atoms with Crippen molar-refractivity contribution in [3.05, 3.63) is 57.0 Å². The quantitative estimate of drug-likeness (QED) is 0.342. The van der Waals surface area contributed by atoms with Gasteiger partial charge in [-0.2, -0.15) is 5.10 Å². The van der Waals surface area contributed by atoms with Crippen molar-refractivity contribution in [1.29, 1.82) is 0 Å². The fourth-order valence-electron chi connectivity index (χ4n) is 2.13. The molecule has 2 aromatic rings. The van der Waals surface area contributed by atoms with E-state index in [9.17, 15) is 4.79 Å². The second kappa shape index (κ2) is 9.00. The summed E-state index contributed by atoms with van der Waals surface area (Å²) in [5.41, 5.74) is 0.930. The molecule has 5 nitrogen and oxygen atoms in total. The summed E-state index contributed by atoms with van der Waals surface area (Å²) in [6, 6.07) is 7.67. The third kappa shape index (κ3) is 5.69. The van der Waals surface area contributed by atoms with E-state index in [0.29, 0.717) is 17.9 Å². The lowest BCUT2D eigenvalue weighted by Crippen LogP contribution is -2.36. The summed E-state index contributed by atoms with van der Waals surface area (Å²) >= 11 is 8.47. The van der Waals surface area contributed by atoms with E-state index >= 15 is 0 Å². The number of benzene rings is 1. The molecule has 25 heavy (non-hydrogen) atoms. The standard InChI is InChI=1S/C18H22ClIN2O3/c1-18(2,3)22-17(23)16(19)14(10-21-22)12-25-15-6-4-13(5-7-15)11-24-9-8-20/h4-7,10H,8-9,11-12H2,1-3H3. The van der Waals surface area contributed by atoms with Gasteiger partial charge in [0.25, 0.3) is 5.56 Å². The lowest BCUT2D eigenvalue weighted by molar-refractivity contribution is 0.138. The highest BCUT2D eigenvalue weighted by molar-refractivity contribution is 14.1. The molecule has 136 valence electrons. The zero-order valence-electron chi connectivity index (χ0n) is 14.6. The molecule has 1 aromatic carbocycles. The van der Waals surface area contributed by atoms with Crippen molar-refractivity contribution in [3.63, 3.8) is 0 Å². The van der Waals surface area contributed by atoms with Gasteiger partial charge in [0.05, 0.1) is 24.9 Å². The Hall–Kier alpha value is -1.12. The van der Waals surface area contributed by atoms with Crippen molar-refractivity contribution in [3.8, 4) is 5.75 Å². The summed E-state index contributed by atoms with van der Waals surface area (Å²) in [5, 5.41) is 4.35. The van der Waals surface area contributed by atoms with Gasteiger partial charge in [-0.1, -0.05) is 46.3 Å². The highest BCUT2D eigenvalue weighted by Crippen LogP contribution is 2.18. The van der Waals surface area contributed by atoms with E-state index in [1.165, 1.54) is 4.68 Å². The zero-order chi connectivity index (χ0) is 18.4. The normalized spacial score (nSPS) is 11.6. The van der Waals surface area contributed by atoms with Gasteiger partial charge in [0.1, 0.15) is 17.4 Å². The van der Waals surface area contributed by atoms with Gasteiger partial charge in [0.15, 0.2) is 0 Å². The first kappa shape index (κ1) is 20.2. The molecular formula is C18H22ClIN2O3. The average molecular weight is 477 g/mol. The minimum absolute atomic E-state index is 0.147. The van der Waals surface area contributed by atoms with Crippen molar-refractivity contribution < 1.29 is 9.47 Å². The van der Waals surface area contributed by atoms with E-state index in [-0.39, 0.29) is 17.2 Å². The Morgan fingerprint density at radius 1 is 1.20 bits per heavy atom. The summed E-state index contributed by atoms with van der Waals surface area (Å²) in [4.78, 5) is 12.3. The van der Waals surface area contributed by atoms with E-state index in [0.717, 1.165) is 16.6 Å². The van der Waals surface area contributed by atoms with E-state index in [4.69, 9.17) is 21.1 Å². The Kier molecular flexibility index (Phi) is 7.27. The van der Waals surface area contributed by atoms with E-state index in [1.54, 1.807) is 6.20 Å². The second-order valence-electron chi connectivity index (χ2n) is 6.55. The van der Waals surface area contributed by atoms with Gasteiger partial charge in [0, 0.05) is 9.99 Å². The van der Waals surface area contributed by atoms with Crippen molar-refractivity contribution in [1.82, 2.24) is 9.78 Å². The molecule has 0 unspecified atom stereocenters. The van der Waals surface area contributed by atoms with Crippen LogP contribution in [0.2, 0.25) is 5.02 Å². The van der Waals surface area contributed by atoms with Gasteiger partial charge in [-0.15, -0.1) is 0 Å². The Balaban J connectivity index is 2.02. The van der Waals surface area contributed by atoms with Crippen LogP contribution in [0.4, 0.5) is 0 Å². The molecule has 7 heteroatoms. The number of nitrogens with zero attached hydrogens (tertiary/aromatic N) is 2. The number of hydrogen-bond donors (Lipinski definition) is 0. The van der Waals surface area contributed by atoms with Crippen LogP contribution in [0.1, 0.15) is 31.9 Å². The van der Waals surface area contributed by atoms with Gasteiger partial charge in [0.2, 0.25) is 0 Å². The molecule has 0 aliphatic carbocycles. The average Bonchev–Trinajstić information content (AvgIpc) is 2.56. The summed E-state index contributed by atoms with van der Waals surface area (Å²) in [5.74, 6) is 0.703. The summed E-state index contributed by atoms with van der Waals surface area (Å²) in [6.45, 7) is 7.23. The summed E-state index contributed by atoms with van der Waals surface area (Å²) in [7, 11) is 0. The predicted molar refractivity (Wildman–Crippen MR) is 108 cm³/mol. The van der Waals surface area contributed by atoms with Crippen LogP contribution < -0.4 is 10.3 Å². The van der Waals surface area contributed by atoms with Gasteiger partial charge in [-0.25, -0.2) is 4.68 Å². The van der Waals surface area contributed by atoms with E-state index < -0.39 is 5.54 Å². The molecule has 0 atom stereocenters. The van der Waals surface area contributed by atoms with Crippen LogP contribution in [-0.2, 0) is 23.5 Å². The largest absolute Gasteiger partial charge is 0.489 e. The smallest absolute Gasteiger partial charge is 0.286 e. The van der Waals surface area contributed by atoms with Gasteiger partial charge in [-0.05, 0) is 38.5 Å². The van der Waals surface area contributed by atoms with Crippen LogP contribution in [0.5, 0.6) is 5.75 Å².